The fourth-order valence-electron chi connectivity index (χ4n) is 2.55. The second-order valence-electron chi connectivity index (χ2n) is 5.96. The van der Waals surface area contributed by atoms with E-state index in [0.29, 0.717) is 5.95 Å². The molecule has 8 heteroatoms. The van der Waals surface area contributed by atoms with Gasteiger partial charge in [0.05, 0.1) is 23.3 Å². The summed E-state index contributed by atoms with van der Waals surface area (Å²) in [5, 5.41) is 18.5. The quantitative estimate of drug-likeness (QED) is 0.652. The largest absolute Gasteiger partial charge is 0.465 e. The van der Waals surface area contributed by atoms with Crippen molar-refractivity contribution in [1.29, 1.82) is 0 Å². The molecule has 1 amide bonds. The van der Waals surface area contributed by atoms with Crippen molar-refractivity contribution in [2.75, 3.05) is 5.32 Å². The van der Waals surface area contributed by atoms with Gasteiger partial charge in [-0.25, -0.2) is 14.8 Å². The third-order valence-electron chi connectivity index (χ3n) is 4.21. The summed E-state index contributed by atoms with van der Waals surface area (Å²) in [5.41, 5.74) is 5.49. The van der Waals surface area contributed by atoms with Gasteiger partial charge in [-0.15, -0.1) is 0 Å². The number of hydrogen-bond acceptors (Lipinski definition) is 5. The predicted molar refractivity (Wildman–Crippen MR) is 98.3 cm³/mol. The molecule has 0 aliphatic rings. The van der Waals surface area contributed by atoms with Gasteiger partial charge in [0.2, 0.25) is 5.95 Å². The molecule has 8 nitrogen and oxygen atoms in total. The Kier molecular flexibility index (Phi) is 4.83. The van der Waals surface area contributed by atoms with E-state index in [4.69, 9.17) is 5.11 Å². The van der Waals surface area contributed by atoms with Crippen molar-refractivity contribution in [1.82, 2.24) is 25.1 Å². The Labute approximate surface area is 150 Å². The molecule has 134 valence electrons. The van der Waals surface area contributed by atoms with Gasteiger partial charge in [0, 0.05) is 25.4 Å². The SMILES string of the molecule is Cc1cc(-c2ccnc(Nc3cnn(C)c3C)n2)ccc1CNC(=O)O. The molecule has 0 saturated carbocycles. The van der Waals surface area contributed by atoms with Crippen molar-refractivity contribution in [3.63, 3.8) is 0 Å². The first-order valence-electron chi connectivity index (χ1n) is 8.09. The third kappa shape index (κ3) is 3.80. The van der Waals surface area contributed by atoms with Crippen LogP contribution in [0.4, 0.5) is 16.4 Å². The van der Waals surface area contributed by atoms with E-state index < -0.39 is 6.09 Å². The molecular formula is C18H20N6O2. The second-order valence-corrected chi connectivity index (χ2v) is 5.96. The average Bonchev–Trinajstić information content (AvgIpc) is 2.93. The summed E-state index contributed by atoms with van der Waals surface area (Å²) in [6.45, 7) is 4.19. The minimum absolute atomic E-state index is 0.276. The van der Waals surface area contributed by atoms with Crippen molar-refractivity contribution in [2.45, 2.75) is 20.4 Å². The van der Waals surface area contributed by atoms with Crippen LogP contribution in [0.15, 0.2) is 36.7 Å². The van der Waals surface area contributed by atoms with Gasteiger partial charge < -0.3 is 15.7 Å². The standard InChI is InChI=1S/C18H20N6O2/c1-11-8-13(4-5-14(11)9-20-18(25)26)15-6-7-19-17(22-15)23-16-10-21-24(3)12(16)2/h4-8,10,20H,9H2,1-3H3,(H,25,26)(H,19,22,23). The maximum atomic E-state index is 10.6. The Balaban J connectivity index is 1.82. The van der Waals surface area contributed by atoms with Crippen molar-refractivity contribution >= 4 is 17.7 Å². The van der Waals surface area contributed by atoms with Gasteiger partial charge in [-0.3, -0.25) is 4.68 Å². The Bertz CT molecular complexity index is 951. The summed E-state index contributed by atoms with van der Waals surface area (Å²) in [7, 11) is 1.88. The van der Waals surface area contributed by atoms with Crippen LogP contribution in [0.1, 0.15) is 16.8 Å². The topological polar surface area (TPSA) is 105 Å². The molecule has 0 atom stereocenters. The van der Waals surface area contributed by atoms with E-state index in [2.05, 4.69) is 25.7 Å². The van der Waals surface area contributed by atoms with Crippen LogP contribution < -0.4 is 10.6 Å². The molecule has 0 spiro atoms. The molecule has 1 aromatic carbocycles. The second kappa shape index (κ2) is 7.22. The number of nitrogens with zero attached hydrogens (tertiary/aromatic N) is 4. The molecule has 0 bridgehead atoms. The highest BCUT2D eigenvalue weighted by Gasteiger charge is 2.08. The minimum atomic E-state index is -1.04. The Morgan fingerprint density at radius 2 is 2.08 bits per heavy atom. The molecule has 0 aliphatic heterocycles. The number of rotatable bonds is 5. The number of benzene rings is 1. The highest BCUT2D eigenvalue weighted by molar-refractivity contribution is 5.66. The number of nitrogens with one attached hydrogen (secondary N) is 2. The normalized spacial score (nSPS) is 10.6. The average molecular weight is 352 g/mol. The van der Waals surface area contributed by atoms with Gasteiger partial charge in [-0.2, -0.15) is 5.10 Å². The molecule has 0 fully saturated rings. The van der Waals surface area contributed by atoms with Crippen LogP contribution in [0.2, 0.25) is 0 Å². The zero-order valence-corrected chi connectivity index (χ0v) is 14.8. The highest BCUT2D eigenvalue weighted by Crippen LogP contribution is 2.23. The molecule has 2 aromatic heterocycles. The number of aromatic nitrogens is 4. The van der Waals surface area contributed by atoms with Crippen LogP contribution in [-0.2, 0) is 13.6 Å². The van der Waals surface area contributed by atoms with Crippen LogP contribution in [0.5, 0.6) is 0 Å². The number of carbonyl (C=O) groups is 1. The maximum absolute atomic E-state index is 10.6. The first-order chi connectivity index (χ1) is 12.4. The van der Waals surface area contributed by atoms with Crippen LogP contribution in [0.25, 0.3) is 11.3 Å². The Morgan fingerprint density at radius 1 is 1.27 bits per heavy atom. The van der Waals surface area contributed by atoms with Gasteiger partial charge in [-0.05, 0) is 37.1 Å². The summed E-state index contributed by atoms with van der Waals surface area (Å²) < 4.78 is 1.78. The van der Waals surface area contributed by atoms with Gasteiger partial charge in [-0.1, -0.05) is 12.1 Å². The van der Waals surface area contributed by atoms with Crippen LogP contribution in [-0.4, -0.2) is 30.9 Å². The van der Waals surface area contributed by atoms with Gasteiger partial charge in [0.1, 0.15) is 0 Å². The lowest BCUT2D eigenvalue weighted by molar-refractivity contribution is 0.194. The van der Waals surface area contributed by atoms with Crippen LogP contribution in [0, 0.1) is 13.8 Å². The lowest BCUT2D eigenvalue weighted by Crippen LogP contribution is -2.20. The minimum Gasteiger partial charge on any atom is -0.465 e. The highest BCUT2D eigenvalue weighted by atomic mass is 16.4. The molecule has 0 radical (unpaired) electrons. The Hall–Kier alpha value is -3.42. The van der Waals surface area contributed by atoms with E-state index in [1.54, 1.807) is 17.1 Å². The van der Waals surface area contributed by atoms with Gasteiger partial charge >= 0.3 is 6.09 Å². The third-order valence-corrected chi connectivity index (χ3v) is 4.21. The van der Waals surface area contributed by atoms with Crippen LogP contribution >= 0.6 is 0 Å². The van der Waals surface area contributed by atoms with E-state index in [1.165, 1.54) is 0 Å². The molecule has 0 unspecified atom stereocenters. The monoisotopic (exact) mass is 352 g/mol. The molecular weight excluding hydrogens is 332 g/mol. The van der Waals surface area contributed by atoms with Gasteiger partial charge in [0.15, 0.2) is 0 Å². The number of hydrogen-bond donors (Lipinski definition) is 3. The lowest BCUT2D eigenvalue weighted by atomic mass is 10.0. The number of anilines is 2. The lowest BCUT2D eigenvalue weighted by Gasteiger charge is -2.10. The molecule has 26 heavy (non-hydrogen) atoms. The molecule has 0 aliphatic carbocycles. The van der Waals surface area contributed by atoms with Crippen molar-refractivity contribution in [3.8, 4) is 11.3 Å². The smallest absolute Gasteiger partial charge is 0.404 e. The number of amides is 1. The molecule has 3 N–H and O–H groups in total. The zero-order valence-electron chi connectivity index (χ0n) is 14.8. The summed E-state index contributed by atoms with van der Waals surface area (Å²) in [6, 6.07) is 7.65. The summed E-state index contributed by atoms with van der Waals surface area (Å²) >= 11 is 0. The predicted octanol–water partition coefficient (Wildman–Crippen LogP) is 3.01. The first-order valence-corrected chi connectivity index (χ1v) is 8.09. The number of aryl methyl sites for hydroxylation is 2. The summed E-state index contributed by atoms with van der Waals surface area (Å²) in [4.78, 5) is 19.5. The molecule has 3 aromatic rings. The van der Waals surface area contributed by atoms with E-state index in [9.17, 15) is 4.79 Å². The van der Waals surface area contributed by atoms with E-state index in [-0.39, 0.29) is 6.54 Å². The van der Waals surface area contributed by atoms with E-state index in [0.717, 1.165) is 33.8 Å². The summed E-state index contributed by atoms with van der Waals surface area (Å²) in [5.74, 6) is 0.493. The van der Waals surface area contributed by atoms with Crippen molar-refractivity contribution in [2.24, 2.45) is 7.05 Å². The zero-order chi connectivity index (χ0) is 18.7. The van der Waals surface area contributed by atoms with E-state index >= 15 is 0 Å². The van der Waals surface area contributed by atoms with Crippen LogP contribution in [0.3, 0.4) is 0 Å². The summed E-state index contributed by atoms with van der Waals surface area (Å²) in [6.07, 6.45) is 2.40. The molecule has 0 saturated heterocycles. The van der Waals surface area contributed by atoms with Crippen molar-refractivity contribution in [3.05, 3.63) is 53.5 Å². The Morgan fingerprint density at radius 3 is 2.73 bits per heavy atom. The first kappa shape index (κ1) is 17.4. The van der Waals surface area contributed by atoms with Gasteiger partial charge in [0.25, 0.3) is 0 Å². The molecule has 3 rings (SSSR count). The van der Waals surface area contributed by atoms with E-state index in [1.807, 2.05) is 45.2 Å². The fourth-order valence-corrected chi connectivity index (χ4v) is 2.55. The fraction of sp³-hybridized carbons (Fsp3) is 0.222. The van der Waals surface area contributed by atoms with Crippen molar-refractivity contribution < 1.29 is 9.90 Å². The maximum Gasteiger partial charge on any atom is 0.404 e. The number of carboxylic acid groups (broad SMARTS) is 1. The molecule has 2 heterocycles.